The van der Waals surface area contributed by atoms with Crippen molar-refractivity contribution in [1.82, 2.24) is 0 Å². The minimum Gasteiger partial charge on any atom is -0.0839 e. The molecule has 0 aliphatic rings. The molecule has 0 amide bonds. The fourth-order valence-electron chi connectivity index (χ4n) is 2.08. The highest BCUT2D eigenvalue weighted by Crippen LogP contribution is 2.10. The average Bonchev–Trinajstić information content (AvgIpc) is 2.42. The van der Waals surface area contributed by atoms with Crippen LogP contribution in [0, 0.1) is 0 Å². The van der Waals surface area contributed by atoms with Crippen LogP contribution in [0.1, 0.15) is 69.9 Å². The van der Waals surface area contributed by atoms with Gasteiger partial charge in [0.1, 0.15) is 0 Å². The van der Waals surface area contributed by atoms with Crippen LogP contribution >= 0.6 is 0 Å². The van der Waals surface area contributed by atoms with E-state index in [1.54, 1.807) is 0 Å². The zero-order valence-corrected chi connectivity index (χ0v) is 12.1. The van der Waals surface area contributed by atoms with E-state index in [4.69, 9.17) is 0 Å². The van der Waals surface area contributed by atoms with Crippen molar-refractivity contribution in [3.63, 3.8) is 0 Å². The normalized spacial score (nSPS) is 11.2. The first-order valence-corrected chi connectivity index (χ1v) is 7.62. The van der Waals surface area contributed by atoms with Crippen LogP contribution in [0.2, 0.25) is 0 Å². The highest BCUT2D eigenvalue weighted by Gasteiger charge is 1.92. The summed E-state index contributed by atoms with van der Waals surface area (Å²) >= 11 is 0. The van der Waals surface area contributed by atoms with Crippen LogP contribution < -0.4 is 0 Å². The lowest BCUT2D eigenvalue weighted by Gasteiger charge is -2.00. The molecular weight excluding hydrogens is 216 g/mol. The summed E-state index contributed by atoms with van der Waals surface area (Å²) in [6, 6.07) is 9.03. The van der Waals surface area contributed by atoms with E-state index in [2.05, 4.69) is 50.3 Å². The topological polar surface area (TPSA) is 0 Å². The predicted molar refractivity (Wildman–Crippen MR) is 82.8 cm³/mol. The maximum Gasteiger partial charge on any atom is -0.0260 e. The molecule has 0 spiro atoms. The largest absolute Gasteiger partial charge is 0.0839 e. The van der Waals surface area contributed by atoms with E-state index >= 15 is 0 Å². The molecule has 0 bridgehead atoms. The van der Waals surface area contributed by atoms with Crippen LogP contribution in [-0.2, 0) is 6.42 Å². The van der Waals surface area contributed by atoms with Gasteiger partial charge in [-0.3, -0.25) is 0 Å². The van der Waals surface area contributed by atoms with Gasteiger partial charge >= 0.3 is 0 Å². The van der Waals surface area contributed by atoms with Crippen molar-refractivity contribution in [1.29, 1.82) is 0 Å². The van der Waals surface area contributed by atoms with Crippen LogP contribution in [0.4, 0.5) is 0 Å². The van der Waals surface area contributed by atoms with E-state index in [0.717, 1.165) is 0 Å². The maximum absolute atomic E-state index is 2.32. The van der Waals surface area contributed by atoms with Gasteiger partial charge in [0.2, 0.25) is 0 Å². The van der Waals surface area contributed by atoms with Gasteiger partial charge < -0.3 is 0 Å². The summed E-state index contributed by atoms with van der Waals surface area (Å²) in [6.07, 6.45) is 15.0. The summed E-state index contributed by atoms with van der Waals surface area (Å²) < 4.78 is 0. The molecule has 18 heavy (non-hydrogen) atoms. The predicted octanol–water partition coefficient (Wildman–Crippen LogP) is 6.01. The molecule has 0 aliphatic carbocycles. The summed E-state index contributed by atoms with van der Waals surface area (Å²) in [5.74, 6) is 0. The molecule has 0 atom stereocenters. The SMILES string of the molecule is CCCCCCC=Cc1ccc(CCCC)cc1. The van der Waals surface area contributed by atoms with Crippen LogP contribution in [0.5, 0.6) is 0 Å². The quantitative estimate of drug-likeness (QED) is 0.466. The van der Waals surface area contributed by atoms with Crippen molar-refractivity contribution in [2.45, 2.75) is 65.2 Å². The van der Waals surface area contributed by atoms with Crippen molar-refractivity contribution in [3.8, 4) is 0 Å². The first kappa shape index (κ1) is 15.0. The van der Waals surface area contributed by atoms with E-state index in [9.17, 15) is 0 Å². The Morgan fingerprint density at radius 1 is 0.833 bits per heavy atom. The zero-order valence-electron chi connectivity index (χ0n) is 12.1. The second kappa shape index (κ2) is 9.94. The number of hydrogen-bond acceptors (Lipinski definition) is 0. The second-order valence-electron chi connectivity index (χ2n) is 5.10. The number of aryl methyl sites for hydroxylation is 1. The van der Waals surface area contributed by atoms with Gasteiger partial charge in [-0.2, -0.15) is 0 Å². The summed E-state index contributed by atoms with van der Waals surface area (Å²) in [5.41, 5.74) is 2.81. The summed E-state index contributed by atoms with van der Waals surface area (Å²) in [7, 11) is 0. The van der Waals surface area contributed by atoms with Crippen molar-refractivity contribution in [3.05, 3.63) is 41.5 Å². The fraction of sp³-hybridized carbons (Fsp3) is 0.556. The lowest BCUT2D eigenvalue weighted by molar-refractivity contribution is 0.675. The lowest BCUT2D eigenvalue weighted by atomic mass is 10.1. The van der Waals surface area contributed by atoms with E-state index < -0.39 is 0 Å². The molecule has 0 aromatic heterocycles. The third-order valence-corrected chi connectivity index (χ3v) is 3.33. The first-order chi connectivity index (χ1) is 8.86. The number of benzene rings is 1. The molecule has 0 N–H and O–H groups in total. The molecule has 0 saturated heterocycles. The van der Waals surface area contributed by atoms with Crippen molar-refractivity contribution < 1.29 is 0 Å². The van der Waals surface area contributed by atoms with Gasteiger partial charge in [-0.25, -0.2) is 0 Å². The average molecular weight is 244 g/mol. The van der Waals surface area contributed by atoms with Crippen molar-refractivity contribution in [2.75, 3.05) is 0 Å². The standard InChI is InChI=1S/C18H28/c1-3-5-7-8-9-10-12-18-15-13-17(14-16-18)11-6-4-2/h10,12-16H,3-9,11H2,1-2H3. The third kappa shape index (κ3) is 6.64. The molecule has 0 heterocycles. The van der Waals surface area contributed by atoms with Gasteiger partial charge in [0, 0.05) is 0 Å². The fourth-order valence-corrected chi connectivity index (χ4v) is 2.08. The summed E-state index contributed by atoms with van der Waals surface area (Å²) in [4.78, 5) is 0. The zero-order chi connectivity index (χ0) is 13.1. The molecular formula is C18H28. The van der Waals surface area contributed by atoms with Gasteiger partial charge in [0.25, 0.3) is 0 Å². The lowest BCUT2D eigenvalue weighted by Crippen LogP contribution is -1.84. The minimum atomic E-state index is 1.22. The van der Waals surface area contributed by atoms with Crippen LogP contribution in [0.15, 0.2) is 30.3 Å². The van der Waals surface area contributed by atoms with Gasteiger partial charge in [-0.1, -0.05) is 75.9 Å². The molecule has 0 aliphatic heterocycles. The molecule has 0 radical (unpaired) electrons. The smallest absolute Gasteiger partial charge is 0.0260 e. The van der Waals surface area contributed by atoms with Crippen LogP contribution in [0.3, 0.4) is 0 Å². The highest BCUT2D eigenvalue weighted by atomic mass is 14.0. The van der Waals surface area contributed by atoms with Gasteiger partial charge in [-0.15, -0.1) is 0 Å². The number of allylic oxidation sites excluding steroid dienone is 1. The van der Waals surface area contributed by atoms with Gasteiger partial charge in [0.05, 0.1) is 0 Å². The van der Waals surface area contributed by atoms with Crippen LogP contribution in [-0.4, -0.2) is 0 Å². The number of rotatable bonds is 9. The third-order valence-electron chi connectivity index (χ3n) is 3.33. The molecule has 100 valence electrons. The second-order valence-corrected chi connectivity index (χ2v) is 5.10. The number of hydrogen-bond donors (Lipinski definition) is 0. The molecule has 0 unspecified atom stereocenters. The molecule has 0 saturated carbocycles. The van der Waals surface area contributed by atoms with Gasteiger partial charge in [-0.05, 0) is 36.8 Å². The summed E-state index contributed by atoms with van der Waals surface area (Å²) in [6.45, 7) is 4.51. The van der Waals surface area contributed by atoms with Crippen LogP contribution in [0.25, 0.3) is 6.08 Å². The molecule has 0 heteroatoms. The Labute approximate surface area is 113 Å². The van der Waals surface area contributed by atoms with Crippen molar-refractivity contribution >= 4 is 6.08 Å². The number of unbranched alkanes of at least 4 members (excludes halogenated alkanes) is 5. The van der Waals surface area contributed by atoms with Crippen molar-refractivity contribution in [2.24, 2.45) is 0 Å². The molecule has 1 aromatic rings. The minimum absolute atomic E-state index is 1.22. The molecule has 0 fully saturated rings. The van der Waals surface area contributed by atoms with Gasteiger partial charge in [0.15, 0.2) is 0 Å². The Hall–Kier alpha value is -1.04. The molecule has 1 aromatic carbocycles. The maximum atomic E-state index is 2.32. The Morgan fingerprint density at radius 2 is 1.56 bits per heavy atom. The Bertz CT molecular complexity index is 318. The van der Waals surface area contributed by atoms with E-state index in [1.807, 2.05) is 0 Å². The monoisotopic (exact) mass is 244 g/mol. The van der Waals surface area contributed by atoms with E-state index in [-0.39, 0.29) is 0 Å². The Morgan fingerprint density at radius 3 is 2.22 bits per heavy atom. The summed E-state index contributed by atoms with van der Waals surface area (Å²) in [5, 5.41) is 0. The molecule has 0 nitrogen and oxygen atoms in total. The van der Waals surface area contributed by atoms with E-state index in [0.29, 0.717) is 0 Å². The first-order valence-electron chi connectivity index (χ1n) is 7.62. The Balaban J connectivity index is 2.27. The molecule has 1 rings (SSSR count). The van der Waals surface area contributed by atoms with E-state index in [1.165, 1.54) is 62.5 Å². The Kier molecular flexibility index (Phi) is 8.29. The highest BCUT2D eigenvalue weighted by molar-refractivity contribution is 5.49.